The molecule has 0 amide bonds. The van der Waals surface area contributed by atoms with Gasteiger partial charge in [-0.05, 0) is 32.6 Å². The third kappa shape index (κ3) is 5.49. The van der Waals surface area contributed by atoms with E-state index in [0.29, 0.717) is 12.1 Å². The number of nitrogens with one attached hydrogen (secondary N) is 1. The van der Waals surface area contributed by atoms with E-state index in [1.807, 2.05) is 6.92 Å². The second-order valence-electron chi connectivity index (χ2n) is 4.77. The summed E-state index contributed by atoms with van der Waals surface area (Å²) in [6, 6.07) is 0.828. The normalized spacial score (nSPS) is 30.1. The smallest absolute Gasteiger partial charge is 0.148 e. The molecule has 1 fully saturated rings. The highest BCUT2D eigenvalue weighted by Gasteiger charge is 2.20. The van der Waals surface area contributed by atoms with E-state index < -0.39 is 9.84 Å². The molecule has 0 heterocycles. The van der Waals surface area contributed by atoms with E-state index in [0.717, 1.165) is 25.7 Å². The average molecular weight is 234 g/mol. The Kier molecular flexibility index (Phi) is 4.55. The molecule has 0 aromatic heterocycles. The minimum absolute atomic E-state index is 0.0410. The summed E-state index contributed by atoms with van der Waals surface area (Å²) < 4.78 is 22.2. The van der Waals surface area contributed by atoms with Crippen molar-refractivity contribution in [3.63, 3.8) is 0 Å². The molecule has 0 aromatic rings. The van der Waals surface area contributed by atoms with E-state index in [9.17, 15) is 8.42 Å². The van der Waals surface area contributed by atoms with Gasteiger partial charge < -0.3 is 11.1 Å². The molecule has 90 valence electrons. The molecular weight excluding hydrogens is 212 g/mol. The second-order valence-corrected chi connectivity index (χ2v) is 6.96. The summed E-state index contributed by atoms with van der Waals surface area (Å²) in [5, 5.41) is 3.36. The van der Waals surface area contributed by atoms with Crippen molar-refractivity contribution in [2.45, 2.75) is 50.7 Å². The Balaban J connectivity index is 2.29. The van der Waals surface area contributed by atoms with Crippen LogP contribution in [0.1, 0.15) is 32.6 Å². The van der Waals surface area contributed by atoms with Gasteiger partial charge in [0.2, 0.25) is 0 Å². The first-order chi connectivity index (χ1) is 6.87. The van der Waals surface area contributed by atoms with Crippen molar-refractivity contribution >= 4 is 9.84 Å². The van der Waals surface area contributed by atoms with Crippen molar-refractivity contribution in [3.05, 3.63) is 0 Å². The standard InChI is InChI=1S/C10H22N2O2S/c1-8(7-15(2,13)14)12-10-5-3-9(11)4-6-10/h8-10,12H,3-7,11H2,1-2H3. The predicted molar refractivity (Wildman–Crippen MR) is 62.5 cm³/mol. The van der Waals surface area contributed by atoms with E-state index in [4.69, 9.17) is 5.73 Å². The molecular formula is C10H22N2O2S. The highest BCUT2D eigenvalue weighted by molar-refractivity contribution is 7.90. The lowest BCUT2D eigenvalue weighted by Gasteiger charge is -2.29. The van der Waals surface area contributed by atoms with Gasteiger partial charge in [-0.1, -0.05) is 0 Å². The first-order valence-corrected chi connectivity index (χ1v) is 7.62. The Labute approximate surface area is 92.5 Å². The van der Waals surface area contributed by atoms with Crippen LogP contribution in [0.5, 0.6) is 0 Å². The molecule has 1 aliphatic rings. The highest BCUT2D eigenvalue weighted by atomic mass is 32.2. The molecule has 5 heteroatoms. The van der Waals surface area contributed by atoms with Crippen molar-refractivity contribution in [2.75, 3.05) is 12.0 Å². The maximum absolute atomic E-state index is 11.1. The third-order valence-corrected chi connectivity index (χ3v) is 3.95. The summed E-state index contributed by atoms with van der Waals surface area (Å²) in [5.74, 6) is 0.218. The fourth-order valence-electron chi connectivity index (χ4n) is 2.19. The molecule has 3 N–H and O–H groups in total. The van der Waals surface area contributed by atoms with Crippen LogP contribution < -0.4 is 11.1 Å². The molecule has 0 spiro atoms. The minimum Gasteiger partial charge on any atom is -0.328 e. The van der Waals surface area contributed by atoms with Crippen LogP contribution in [0.3, 0.4) is 0 Å². The Bertz CT molecular complexity index is 282. The van der Waals surface area contributed by atoms with Crippen molar-refractivity contribution in [3.8, 4) is 0 Å². The molecule has 0 radical (unpaired) electrons. The van der Waals surface area contributed by atoms with Crippen molar-refractivity contribution in [2.24, 2.45) is 5.73 Å². The summed E-state index contributed by atoms with van der Waals surface area (Å²) in [6.45, 7) is 1.93. The molecule has 1 saturated carbocycles. The number of rotatable bonds is 4. The van der Waals surface area contributed by atoms with Gasteiger partial charge >= 0.3 is 0 Å². The monoisotopic (exact) mass is 234 g/mol. The topological polar surface area (TPSA) is 72.2 Å². The molecule has 1 rings (SSSR count). The van der Waals surface area contributed by atoms with Crippen molar-refractivity contribution in [1.82, 2.24) is 5.32 Å². The first-order valence-electron chi connectivity index (χ1n) is 5.56. The first kappa shape index (κ1) is 12.9. The lowest BCUT2D eigenvalue weighted by atomic mass is 9.91. The molecule has 4 nitrogen and oxygen atoms in total. The summed E-state index contributed by atoms with van der Waals surface area (Å²) in [6.07, 6.45) is 5.50. The summed E-state index contributed by atoms with van der Waals surface area (Å²) in [7, 11) is -2.87. The van der Waals surface area contributed by atoms with Crippen LogP contribution in [0, 0.1) is 0 Å². The lowest BCUT2D eigenvalue weighted by Crippen LogP contribution is -2.43. The minimum atomic E-state index is -2.87. The van der Waals surface area contributed by atoms with Crippen LogP contribution in [0.4, 0.5) is 0 Å². The largest absolute Gasteiger partial charge is 0.328 e. The average Bonchev–Trinajstić information content (AvgIpc) is 2.05. The van der Waals surface area contributed by atoms with Gasteiger partial charge in [0.1, 0.15) is 9.84 Å². The van der Waals surface area contributed by atoms with Gasteiger partial charge in [0.05, 0.1) is 5.75 Å². The van der Waals surface area contributed by atoms with Gasteiger partial charge in [-0.15, -0.1) is 0 Å². The van der Waals surface area contributed by atoms with Crippen molar-refractivity contribution in [1.29, 1.82) is 0 Å². The Morgan fingerprint density at radius 1 is 1.33 bits per heavy atom. The van der Waals surface area contributed by atoms with Crippen LogP contribution in [0.15, 0.2) is 0 Å². The molecule has 1 unspecified atom stereocenters. The van der Waals surface area contributed by atoms with Crippen LogP contribution in [0.2, 0.25) is 0 Å². The van der Waals surface area contributed by atoms with Gasteiger partial charge in [-0.25, -0.2) is 8.42 Å². The molecule has 1 aliphatic carbocycles. The fraction of sp³-hybridized carbons (Fsp3) is 1.00. The quantitative estimate of drug-likeness (QED) is 0.733. The third-order valence-electron chi connectivity index (χ3n) is 2.84. The molecule has 1 atom stereocenters. The predicted octanol–water partition coefficient (Wildman–Crippen LogP) is 0.279. The molecule has 0 aliphatic heterocycles. The number of nitrogens with two attached hydrogens (primary N) is 1. The second kappa shape index (κ2) is 5.27. The zero-order chi connectivity index (χ0) is 11.5. The molecule has 0 bridgehead atoms. The van der Waals surface area contributed by atoms with Crippen molar-refractivity contribution < 1.29 is 8.42 Å². The molecule has 0 saturated heterocycles. The van der Waals surface area contributed by atoms with Crippen LogP contribution >= 0.6 is 0 Å². The summed E-state index contributed by atoms with van der Waals surface area (Å²) >= 11 is 0. The number of sulfone groups is 1. The maximum atomic E-state index is 11.1. The Morgan fingerprint density at radius 2 is 1.87 bits per heavy atom. The van der Waals surface area contributed by atoms with Crippen LogP contribution in [-0.2, 0) is 9.84 Å². The number of hydrogen-bond donors (Lipinski definition) is 2. The van der Waals surface area contributed by atoms with Crippen LogP contribution in [-0.4, -0.2) is 38.6 Å². The molecule has 15 heavy (non-hydrogen) atoms. The Morgan fingerprint density at radius 3 is 2.33 bits per heavy atom. The fourth-order valence-corrected chi connectivity index (χ4v) is 3.19. The van der Waals surface area contributed by atoms with Gasteiger partial charge in [-0.3, -0.25) is 0 Å². The maximum Gasteiger partial charge on any atom is 0.148 e. The SMILES string of the molecule is CC(CS(C)(=O)=O)NC1CCC(N)CC1. The zero-order valence-electron chi connectivity index (χ0n) is 9.57. The van der Waals surface area contributed by atoms with E-state index in [1.54, 1.807) is 0 Å². The van der Waals surface area contributed by atoms with Gasteiger partial charge in [0.25, 0.3) is 0 Å². The van der Waals surface area contributed by atoms with Gasteiger partial charge in [0, 0.05) is 24.4 Å². The zero-order valence-corrected chi connectivity index (χ0v) is 10.4. The lowest BCUT2D eigenvalue weighted by molar-refractivity contribution is 0.326. The summed E-state index contributed by atoms with van der Waals surface area (Å²) in [4.78, 5) is 0. The van der Waals surface area contributed by atoms with E-state index >= 15 is 0 Å². The van der Waals surface area contributed by atoms with Gasteiger partial charge in [-0.2, -0.15) is 0 Å². The van der Waals surface area contributed by atoms with E-state index in [1.165, 1.54) is 6.26 Å². The van der Waals surface area contributed by atoms with Gasteiger partial charge in [0.15, 0.2) is 0 Å². The molecule has 0 aromatic carbocycles. The van der Waals surface area contributed by atoms with E-state index in [-0.39, 0.29) is 11.8 Å². The number of hydrogen-bond acceptors (Lipinski definition) is 4. The Hall–Kier alpha value is -0.130. The van der Waals surface area contributed by atoms with Crippen LogP contribution in [0.25, 0.3) is 0 Å². The summed E-state index contributed by atoms with van der Waals surface area (Å²) in [5.41, 5.74) is 5.81. The highest BCUT2D eigenvalue weighted by Crippen LogP contribution is 2.17. The van der Waals surface area contributed by atoms with E-state index in [2.05, 4.69) is 5.32 Å².